The maximum Gasteiger partial charge on any atom is 0.115 e. The van der Waals surface area contributed by atoms with Crippen LogP contribution in [-0.2, 0) is 12.8 Å². The Labute approximate surface area is 111 Å². The maximum atomic E-state index is 4.79. The highest BCUT2D eigenvalue weighted by Crippen LogP contribution is 2.32. The van der Waals surface area contributed by atoms with Crippen molar-refractivity contribution < 1.29 is 0 Å². The predicted octanol–water partition coefficient (Wildman–Crippen LogP) is 2.64. The van der Waals surface area contributed by atoms with Gasteiger partial charge >= 0.3 is 0 Å². The van der Waals surface area contributed by atoms with Crippen molar-refractivity contribution in [2.45, 2.75) is 32.2 Å². The number of thiazole rings is 1. The van der Waals surface area contributed by atoms with E-state index in [2.05, 4.69) is 22.4 Å². The van der Waals surface area contributed by atoms with Crippen LogP contribution in [0.4, 0.5) is 0 Å². The van der Waals surface area contributed by atoms with Gasteiger partial charge < -0.3 is 5.32 Å². The number of nitrogens with zero attached hydrogens (tertiary/aromatic N) is 2. The van der Waals surface area contributed by atoms with Gasteiger partial charge in [0.2, 0.25) is 0 Å². The van der Waals surface area contributed by atoms with Crippen molar-refractivity contribution in [3.63, 3.8) is 0 Å². The summed E-state index contributed by atoms with van der Waals surface area (Å²) < 4.78 is 0. The Kier molecular flexibility index (Phi) is 3.14. The van der Waals surface area contributed by atoms with Gasteiger partial charge in [-0.2, -0.15) is 0 Å². The number of aromatic nitrogens is 2. The van der Waals surface area contributed by atoms with Crippen molar-refractivity contribution in [2.24, 2.45) is 0 Å². The van der Waals surface area contributed by atoms with E-state index in [9.17, 15) is 0 Å². The molecule has 18 heavy (non-hydrogen) atoms. The molecule has 3 nitrogen and oxygen atoms in total. The lowest BCUT2D eigenvalue weighted by Crippen LogP contribution is -2.17. The SMILES string of the molecule is CNC(c1ccc(C)nc1)c1nc2c(s1)CCC2. The van der Waals surface area contributed by atoms with E-state index in [1.807, 2.05) is 31.5 Å². The molecule has 4 heteroatoms. The molecule has 1 N–H and O–H groups in total. The van der Waals surface area contributed by atoms with Crippen molar-refractivity contribution in [2.75, 3.05) is 7.05 Å². The molecule has 2 aromatic rings. The second kappa shape index (κ2) is 4.78. The van der Waals surface area contributed by atoms with Crippen molar-refractivity contribution in [1.82, 2.24) is 15.3 Å². The highest BCUT2D eigenvalue weighted by Gasteiger charge is 2.22. The molecular formula is C14H17N3S. The quantitative estimate of drug-likeness (QED) is 0.921. The molecule has 0 bridgehead atoms. The first-order valence-corrected chi connectivity index (χ1v) is 7.18. The molecule has 2 aromatic heterocycles. The Bertz CT molecular complexity index is 523. The third-order valence-corrected chi connectivity index (χ3v) is 4.64. The van der Waals surface area contributed by atoms with Gasteiger partial charge in [0.05, 0.1) is 11.7 Å². The topological polar surface area (TPSA) is 37.8 Å². The van der Waals surface area contributed by atoms with Crippen LogP contribution in [0.1, 0.15) is 39.3 Å². The fourth-order valence-electron chi connectivity index (χ4n) is 2.42. The van der Waals surface area contributed by atoms with E-state index >= 15 is 0 Å². The van der Waals surface area contributed by atoms with E-state index in [1.165, 1.54) is 34.0 Å². The molecule has 0 aromatic carbocycles. The molecule has 1 aliphatic rings. The van der Waals surface area contributed by atoms with Gasteiger partial charge in [-0.15, -0.1) is 11.3 Å². The fourth-order valence-corrected chi connectivity index (χ4v) is 3.71. The summed E-state index contributed by atoms with van der Waals surface area (Å²) in [6.45, 7) is 2.01. The van der Waals surface area contributed by atoms with Crippen LogP contribution in [0, 0.1) is 6.92 Å². The number of rotatable bonds is 3. The minimum Gasteiger partial charge on any atom is -0.307 e. The zero-order chi connectivity index (χ0) is 12.5. The van der Waals surface area contributed by atoms with Crippen LogP contribution in [0.15, 0.2) is 18.3 Å². The first-order chi connectivity index (χ1) is 8.78. The average molecular weight is 259 g/mol. The molecule has 1 unspecified atom stereocenters. The van der Waals surface area contributed by atoms with E-state index < -0.39 is 0 Å². The van der Waals surface area contributed by atoms with Crippen LogP contribution in [0.25, 0.3) is 0 Å². The lowest BCUT2D eigenvalue weighted by atomic mass is 10.1. The minimum atomic E-state index is 0.175. The van der Waals surface area contributed by atoms with Crippen LogP contribution >= 0.6 is 11.3 Å². The summed E-state index contributed by atoms with van der Waals surface area (Å²) in [5.41, 5.74) is 3.56. The van der Waals surface area contributed by atoms with Crippen LogP contribution < -0.4 is 5.32 Å². The lowest BCUT2D eigenvalue weighted by molar-refractivity contribution is 0.679. The number of hydrogen-bond acceptors (Lipinski definition) is 4. The standard InChI is InChI=1S/C14H17N3S/c1-9-6-7-10(8-16-9)13(15-2)14-17-11-4-3-5-12(11)18-14/h6-8,13,15H,3-5H2,1-2H3. The molecular weight excluding hydrogens is 242 g/mol. The molecule has 1 aliphatic carbocycles. The Morgan fingerprint density at radius 1 is 1.33 bits per heavy atom. The smallest absolute Gasteiger partial charge is 0.115 e. The van der Waals surface area contributed by atoms with E-state index in [-0.39, 0.29) is 6.04 Å². The first kappa shape index (κ1) is 11.8. The summed E-state index contributed by atoms with van der Waals surface area (Å²) in [7, 11) is 1.98. The summed E-state index contributed by atoms with van der Waals surface area (Å²) in [5.74, 6) is 0. The third-order valence-electron chi connectivity index (χ3n) is 3.42. The molecule has 2 heterocycles. The Morgan fingerprint density at radius 3 is 2.89 bits per heavy atom. The molecule has 0 aliphatic heterocycles. The normalized spacial score (nSPS) is 15.7. The van der Waals surface area contributed by atoms with Crippen molar-refractivity contribution in [3.8, 4) is 0 Å². The van der Waals surface area contributed by atoms with Gasteiger partial charge in [-0.1, -0.05) is 6.07 Å². The largest absolute Gasteiger partial charge is 0.307 e. The molecule has 0 amide bonds. The Balaban J connectivity index is 1.93. The van der Waals surface area contributed by atoms with Crippen LogP contribution in [0.3, 0.4) is 0 Å². The van der Waals surface area contributed by atoms with Gasteiger partial charge in [-0.05, 0) is 44.9 Å². The summed E-state index contributed by atoms with van der Waals surface area (Å²) in [6.07, 6.45) is 5.57. The molecule has 3 rings (SSSR count). The number of pyridine rings is 1. The Hall–Kier alpha value is -1.26. The molecule has 0 spiro atoms. The highest BCUT2D eigenvalue weighted by molar-refractivity contribution is 7.11. The Morgan fingerprint density at radius 2 is 2.22 bits per heavy atom. The number of hydrogen-bond donors (Lipinski definition) is 1. The van der Waals surface area contributed by atoms with E-state index in [1.54, 1.807) is 0 Å². The van der Waals surface area contributed by atoms with Gasteiger partial charge in [0.1, 0.15) is 5.01 Å². The lowest BCUT2D eigenvalue weighted by Gasteiger charge is -2.13. The molecule has 94 valence electrons. The van der Waals surface area contributed by atoms with E-state index in [4.69, 9.17) is 4.98 Å². The van der Waals surface area contributed by atoms with Gasteiger partial charge in [-0.25, -0.2) is 4.98 Å². The van der Waals surface area contributed by atoms with E-state index in [0.29, 0.717) is 0 Å². The second-order valence-corrected chi connectivity index (χ2v) is 5.85. The van der Waals surface area contributed by atoms with Gasteiger partial charge in [0.15, 0.2) is 0 Å². The average Bonchev–Trinajstić information content (AvgIpc) is 2.93. The first-order valence-electron chi connectivity index (χ1n) is 6.36. The van der Waals surface area contributed by atoms with Gasteiger partial charge in [-0.3, -0.25) is 4.98 Å². The molecule has 0 radical (unpaired) electrons. The number of nitrogens with one attached hydrogen (secondary N) is 1. The number of aryl methyl sites for hydroxylation is 3. The molecule has 0 saturated heterocycles. The monoisotopic (exact) mass is 259 g/mol. The predicted molar refractivity (Wildman–Crippen MR) is 74.0 cm³/mol. The highest BCUT2D eigenvalue weighted by atomic mass is 32.1. The van der Waals surface area contributed by atoms with Gasteiger partial charge in [0.25, 0.3) is 0 Å². The molecule has 0 fully saturated rings. The summed E-state index contributed by atoms with van der Waals surface area (Å²) in [6, 6.07) is 4.37. The fraction of sp³-hybridized carbons (Fsp3) is 0.429. The van der Waals surface area contributed by atoms with Crippen LogP contribution in [-0.4, -0.2) is 17.0 Å². The zero-order valence-corrected chi connectivity index (χ0v) is 11.5. The molecule has 0 saturated carbocycles. The van der Waals surface area contributed by atoms with Crippen molar-refractivity contribution in [3.05, 3.63) is 45.2 Å². The van der Waals surface area contributed by atoms with Gasteiger partial charge in [0, 0.05) is 16.8 Å². The van der Waals surface area contributed by atoms with Crippen molar-refractivity contribution in [1.29, 1.82) is 0 Å². The molecule has 1 atom stereocenters. The third kappa shape index (κ3) is 2.06. The number of fused-ring (bicyclic) bond motifs is 1. The zero-order valence-electron chi connectivity index (χ0n) is 10.7. The maximum absolute atomic E-state index is 4.79. The van der Waals surface area contributed by atoms with Crippen LogP contribution in [0.5, 0.6) is 0 Å². The van der Waals surface area contributed by atoms with Crippen LogP contribution in [0.2, 0.25) is 0 Å². The summed E-state index contributed by atoms with van der Waals surface area (Å²) >= 11 is 1.85. The van der Waals surface area contributed by atoms with Crippen molar-refractivity contribution >= 4 is 11.3 Å². The minimum absolute atomic E-state index is 0.175. The summed E-state index contributed by atoms with van der Waals surface area (Å²) in [5, 5.41) is 4.52. The van der Waals surface area contributed by atoms with E-state index in [0.717, 1.165) is 12.1 Å². The summed E-state index contributed by atoms with van der Waals surface area (Å²) in [4.78, 5) is 10.6. The second-order valence-electron chi connectivity index (χ2n) is 4.73.